The van der Waals surface area contributed by atoms with Gasteiger partial charge in [0.1, 0.15) is 12.2 Å². The molecule has 0 aliphatic heterocycles. The van der Waals surface area contributed by atoms with Crippen LogP contribution in [0.2, 0.25) is 0 Å². The summed E-state index contributed by atoms with van der Waals surface area (Å²) in [4.78, 5) is 12.5. The van der Waals surface area contributed by atoms with Crippen LogP contribution >= 0.6 is 0 Å². The summed E-state index contributed by atoms with van der Waals surface area (Å²) in [7, 11) is 1.61. The maximum atomic E-state index is 12.5. The number of hydrogen-bond donors (Lipinski definition) is 0. The van der Waals surface area contributed by atoms with Gasteiger partial charge in [0.15, 0.2) is 11.5 Å². The minimum absolute atomic E-state index is 0.340. The fraction of sp³-hybridized carbons (Fsp3) is 0.208. The largest absolute Gasteiger partial charge is 0.493 e. The number of hydrogen-bond acceptors (Lipinski definition) is 4. The zero-order chi connectivity index (χ0) is 19.7. The molecule has 4 rings (SSSR count). The van der Waals surface area contributed by atoms with Gasteiger partial charge in [-0.25, -0.2) is 4.79 Å². The molecule has 0 fully saturated rings. The third kappa shape index (κ3) is 3.33. The molecule has 0 amide bonds. The predicted molar refractivity (Wildman–Crippen MR) is 111 cm³/mol. The predicted octanol–water partition coefficient (Wildman–Crippen LogP) is 5.40. The van der Waals surface area contributed by atoms with Crippen LogP contribution in [0, 0.1) is 6.92 Å². The molecule has 28 heavy (non-hydrogen) atoms. The van der Waals surface area contributed by atoms with Gasteiger partial charge < -0.3 is 13.9 Å². The summed E-state index contributed by atoms with van der Waals surface area (Å²) in [6.07, 6.45) is 0.864. The number of aryl methyl sites for hydroxylation is 2. The van der Waals surface area contributed by atoms with Gasteiger partial charge in [-0.15, -0.1) is 0 Å². The lowest BCUT2D eigenvalue weighted by Crippen LogP contribution is -2.02. The summed E-state index contributed by atoms with van der Waals surface area (Å²) in [5, 5.41) is 2.27. The van der Waals surface area contributed by atoms with Gasteiger partial charge in [-0.1, -0.05) is 48.9 Å². The summed E-state index contributed by atoms with van der Waals surface area (Å²) >= 11 is 0. The molecule has 0 N–H and O–H groups in total. The van der Waals surface area contributed by atoms with E-state index in [1.807, 2.05) is 49.4 Å². The Morgan fingerprint density at radius 1 is 0.893 bits per heavy atom. The third-order valence-corrected chi connectivity index (χ3v) is 4.95. The first-order chi connectivity index (χ1) is 13.6. The smallest absolute Gasteiger partial charge is 0.344 e. The number of fused-ring (bicyclic) bond motifs is 3. The Labute approximate surface area is 163 Å². The fourth-order valence-electron chi connectivity index (χ4n) is 3.44. The molecule has 0 radical (unpaired) electrons. The van der Waals surface area contributed by atoms with Gasteiger partial charge in [0.05, 0.1) is 12.5 Å². The summed E-state index contributed by atoms with van der Waals surface area (Å²) < 4.78 is 17.1. The first kappa shape index (κ1) is 18.1. The van der Waals surface area contributed by atoms with E-state index in [4.69, 9.17) is 13.9 Å². The van der Waals surface area contributed by atoms with Crippen molar-refractivity contribution >= 4 is 21.7 Å². The van der Waals surface area contributed by atoms with Crippen LogP contribution in [0.25, 0.3) is 21.7 Å². The van der Waals surface area contributed by atoms with E-state index in [2.05, 4.69) is 13.0 Å². The van der Waals surface area contributed by atoms with Crippen molar-refractivity contribution < 1.29 is 13.9 Å². The van der Waals surface area contributed by atoms with Crippen molar-refractivity contribution in [3.8, 4) is 11.5 Å². The molecule has 0 aliphatic rings. The van der Waals surface area contributed by atoms with E-state index in [0.29, 0.717) is 29.1 Å². The number of benzene rings is 3. The van der Waals surface area contributed by atoms with Crippen LogP contribution < -0.4 is 15.1 Å². The normalized spacial score (nSPS) is 11.1. The van der Waals surface area contributed by atoms with Crippen LogP contribution in [0.15, 0.2) is 63.8 Å². The van der Waals surface area contributed by atoms with E-state index < -0.39 is 0 Å². The third-order valence-electron chi connectivity index (χ3n) is 4.95. The molecular formula is C24H22O4. The molecule has 0 saturated carbocycles. The van der Waals surface area contributed by atoms with Crippen LogP contribution in [-0.4, -0.2) is 7.11 Å². The van der Waals surface area contributed by atoms with Crippen molar-refractivity contribution in [1.82, 2.24) is 0 Å². The summed E-state index contributed by atoms with van der Waals surface area (Å²) in [6, 6.07) is 17.7. The first-order valence-electron chi connectivity index (χ1n) is 9.35. The van der Waals surface area contributed by atoms with Crippen LogP contribution in [0.5, 0.6) is 11.5 Å². The standard InChI is InChI=1S/C24H22O4/c1-4-16-8-9-18-19-12-22(26-3)23(13-21(19)28-24(25)20(18)11-16)27-14-17-7-5-6-15(2)10-17/h5-13H,4,14H2,1-3H3. The average Bonchev–Trinajstić information content (AvgIpc) is 2.71. The Balaban J connectivity index is 1.80. The maximum absolute atomic E-state index is 12.5. The zero-order valence-electron chi connectivity index (χ0n) is 16.2. The highest BCUT2D eigenvalue weighted by atomic mass is 16.5. The molecule has 0 unspecified atom stereocenters. The fourth-order valence-corrected chi connectivity index (χ4v) is 3.44. The van der Waals surface area contributed by atoms with E-state index >= 15 is 0 Å². The average molecular weight is 374 g/mol. The first-order valence-corrected chi connectivity index (χ1v) is 9.35. The van der Waals surface area contributed by atoms with Gasteiger partial charge in [0.2, 0.25) is 0 Å². The lowest BCUT2D eigenvalue weighted by Gasteiger charge is -2.13. The second-order valence-electron chi connectivity index (χ2n) is 6.90. The Hall–Kier alpha value is -3.27. The van der Waals surface area contributed by atoms with E-state index in [-0.39, 0.29) is 5.63 Å². The van der Waals surface area contributed by atoms with Crippen molar-refractivity contribution in [2.75, 3.05) is 7.11 Å². The van der Waals surface area contributed by atoms with Gasteiger partial charge >= 0.3 is 5.63 Å². The van der Waals surface area contributed by atoms with Crippen LogP contribution in [-0.2, 0) is 13.0 Å². The minimum Gasteiger partial charge on any atom is -0.493 e. The quantitative estimate of drug-likeness (QED) is 0.346. The van der Waals surface area contributed by atoms with Gasteiger partial charge in [-0.2, -0.15) is 0 Å². The van der Waals surface area contributed by atoms with Crippen LogP contribution in [0.4, 0.5) is 0 Å². The lowest BCUT2D eigenvalue weighted by molar-refractivity contribution is 0.284. The van der Waals surface area contributed by atoms with Gasteiger partial charge in [-0.05, 0) is 36.6 Å². The van der Waals surface area contributed by atoms with Gasteiger partial charge in [-0.3, -0.25) is 0 Å². The topological polar surface area (TPSA) is 48.7 Å². The molecule has 0 saturated heterocycles. The molecular weight excluding hydrogens is 352 g/mol. The molecule has 1 heterocycles. The summed E-state index contributed by atoms with van der Waals surface area (Å²) in [5.41, 5.74) is 3.49. The van der Waals surface area contributed by atoms with E-state index in [1.54, 1.807) is 13.2 Å². The highest BCUT2D eigenvalue weighted by Gasteiger charge is 2.14. The van der Waals surface area contributed by atoms with E-state index in [0.717, 1.165) is 28.3 Å². The molecule has 4 nitrogen and oxygen atoms in total. The SMILES string of the molecule is CCc1ccc2c(c1)c(=O)oc1cc(OCc3cccc(C)c3)c(OC)cc12. The second kappa shape index (κ2) is 7.39. The molecule has 142 valence electrons. The van der Waals surface area contributed by atoms with E-state index in [9.17, 15) is 4.79 Å². The Morgan fingerprint density at radius 2 is 1.75 bits per heavy atom. The van der Waals surface area contributed by atoms with Crippen molar-refractivity contribution in [2.24, 2.45) is 0 Å². The molecule has 0 bridgehead atoms. The molecule has 0 spiro atoms. The van der Waals surface area contributed by atoms with Crippen LogP contribution in [0.3, 0.4) is 0 Å². The van der Waals surface area contributed by atoms with Crippen molar-refractivity contribution in [1.29, 1.82) is 0 Å². The van der Waals surface area contributed by atoms with Crippen molar-refractivity contribution in [2.45, 2.75) is 26.9 Å². The molecule has 3 aromatic carbocycles. The second-order valence-corrected chi connectivity index (χ2v) is 6.90. The van der Waals surface area contributed by atoms with Gasteiger partial charge in [0.25, 0.3) is 0 Å². The highest BCUT2D eigenvalue weighted by Crippen LogP contribution is 2.35. The van der Waals surface area contributed by atoms with E-state index in [1.165, 1.54) is 5.56 Å². The molecule has 4 aromatic rings. The minimum atomic E-state index is -0.340. The Morgan fingerprint density at radius 3 is 2.50 bits per heavy atom. The Bertz CT molecular complexity index is 1220. The molecule has 0 atom stereocenters. The van der Waals surface area contributed by atoms with Crippen molar-refractivity contribution in [3.63, 3.8) is 0 Å². The Kier molecular flexibility index (Phi) is 4.78. The maximum Gasteiger partial charge on any atom is 0.344 e. The molecule has 4 heteroatoms. The number of ether oxygens (including phenoxy) is 2. The highest BCUT2D eigenvalue weighted by molar-refractivity contribution is 6.05. The number of methoxy groups -OCH3 is 1. The van der Waals surface area contributed by atoms with Crippen molar-refractivity contribution in [3.05, 3.63) is 81.7 Å². The molecule has 1 aromatic heterocycles. The lowest BCUT2D eigenvalue weighted by atomic mass is 10.0. The number of rotatable bonds is 5. The monoisotopic (exact) mass is 374 g/mol. The van der Waals surface area contributed by atoms with Crippen LogP contribution in [0.1, 0.15) is 23.6 Å². The zero-order valence-corrected chi connectivity index (χ0v) is 16.2. The molecule has 0 aliphatic carbocycles. The van der Waals surface area contributed by atoms with Gasteiger partial charge in [0, 0.05) is 16.8 Å². The summed E-state index contributed by atoms with van der Waals surface area (Å²) in [6.45, 7) is 4.51. The summed E-state index contributed by atoms with van der Waals surface area (Å²) in [5.74, 6) is 1.15.